The molecule has 44 heavy (non-hydrogen) atoms. The molecule has 3 atom stereocenters. The van der Waals surface area contributed by atoms with Crippen LogP contribution in [0.25, 0.3) is 0 Å². The number of fused-ring (bicyclic) bond motifs is 1. The fourth-order valence-electron chi connectivity index (χ4n) is 5.35. The fraction of sp³-hybridized carbons (Fsp3) is 0.517. The predicted molar refractivity (Wildman–Crippen MR) is 150 cm³/mol. The van der Waals surface area contributed by atoms with E-state index in [2.05, 4.69) is 5.32 Å². The Hall–Kier alpha value is -3.46. The highest BCUT2D eigenvalue weighted by Crippen LogP contribution is 2.43. The molecule has 0 spiro atoms. The van der Waals surface area contributed by atoms with Gasteiger partial charge in [-0.25, -0.2) is 22.0 Å². The summed E-state index contributed by atoms with van der Waals surface area (Å²) in [6.45, 7) is 3.44. The number of anilines is 1. The van der Waals surface area contributed by atoms with Crippen LogP contribution in [-0.2, 0) is 31.6 Å². The number of sulfonamides is 1. The van der Waals surface area contributed by atoms with Crippen molar-refractivity contribution < 1.29 is 49.8 Å². The van der Waals surface area contributed by atoms with Gasteiger partial charge in [0.15, 0.2) is 0 Å². The van der Waals surface area contributed by atoms with Gasteiger partial charge in [0.1, 0.15) is 18.1 Å². The number of hydrogen-bond acceptors (Lipinski definition) is 6. The first-order chi connectivity index (χ1) is 20.4. The van der Waals surface area contributed by atoms with Crippen molar-refractivity contribution in [1.29, 1.82) is 0 Å². The first-order valence-electron chi connectivity index (χ1n) is 13.9. The number of halogens is 5. The van der Waals surface area contributed by atoms with Crippen LogP contribution in [0.15, 0.2) is 47.4 Å². The summed E-state index contributed by atoms with van der Waals surface area (Å²) in [6.07, 6.45) is -5.80. The normalized spacial score (nSPS) is 20.6. The van der Waals surface area contributed by atoms with Gasteiger partial charge in [-0.05, 0) is 81.5 Å². The molecule has 0 aromatic heterocycles. The number of aryl methyl sites for hydroxylation is 1. The molecule has 1 unspecified atom stereocenters. The van der Waals surface area contributed by atoms with Crippen molar-refractivity contribution in [2.45, 2.75) is 80.8 Å². The van der Waals surface area contributed by atoms with E-state index in [9.17, 15) is 45.1 Å². The topological polar surface area (TPSA) is 116 Å². The summed E-state index contributed by atoms with van der Waals surface area (Å²) in [5.41, 5.74) is -5.25. The largest absolute Gasteiger partial charge is 0.444 e. The Morgan fingerprint density at radius 2 is 1.73 bits per heavy atom. The van der Waals surface area contributed by atoms with Crippen molar-refractivity contribution in [1.82, 2.24) is 10.2 Å². The van der Waals surface area contributed by atoms with Gasteiger partial charge in [0.2, 0.25) is 11.5 Å². The van der Waals surface area contributed by atoms with Crippen LogP contribution in [0.1, 0.15) is 51.2 Å². The van der Waals surface area contributed by atoms with Crippen molar-refractivity contribution >= 4 is 27.7 Å². The number of hydrogen-bond donors (Lipinski definition) is 2. The monoisotopic (exact) mass is 647 g/mol. The van der Waals surface area contributed by atoms with Crippen LogP contribution in [0.2, 0.25) is 0 Å². The molecule has 2 aromatic rings. The van der Waals surface area contributed by atoms with Gasteiger partial charge in [-0.2, -0.15) is 13.2 Å². The Balaban J connectivity index is 1.62. The number of carbonyl (C=O) groups excluding carboxylic acids is 2. The van der Waals surface area contributed by atoms with Gasteiger partial charge in [-0.15, -0.1) is 0 Å². The van der Waals surface area contributed by atoms with E-state index < -0.39 is 63.5 Å². The molecular formula is C29H34F5N3O6S. The van der Waals surface area contributed by atoms with E-state index in [0.717, 1.165) is 46.8 Å². The van der Waals surface area contributed by atoms with Gasteiger partial charge >= 0.3 is 12.3 Å². The predicted octanol–water partition coefficient (Wildman–Crippen LogP) is 4.57. The number of alkyl carbamates (subject to hydrolysis) is 1. The lowest BCUT2D eigenvalue weighted by molar-refractivity contribution is -0.271. The van der Waals surface area contributed by atoms with Crippen molar-refractivity contribution in [3.05, 3.63) is 59.4 Å². The van der Waals surface area contributed by atoms with Gasteiger partial charge in [-0.1, -0.05) is 12.1 Å². The average molecular weight is 648 g/mol. The molecule has 1 fully saturated rings. The number of amides is 2. The Morgan fingerprint density at radius 1 is 1.07 bits per heavy atom. The van der Waals surface area contributed by atoms with Gasteiger partial charge in [0.25, 0.3) is 10.0 Å². The van der Waals surface area contributed by atoms with Gasteiger partial charge in [0, 0.05) is 19.5 Å². The Kier molecular flexibility index (Phi) is 9.23. The average Bonchev–Trinajstić information content (AvgIpc) is 3.39. The molecule has 2 heterocycles. The molecule has 0 aliphatic carbocycles. The third-order valence-corrected chi connectivity index (χ3v) is 9.46. The summed E-state index contributed by atoms with van der Waals surface area (Å²) in [6, 6.07) is 5.35. The van der Waals surface area contributed by atoms with Crippen LogP contribution in [-0.4, -0.2) is 74.0 Å². The zero-order valence-corrected chi connectivity index (χ0v) is 25.1. The van der Waals surface area contributed by atoms with Crippen molar-refractivity contribution in [2.24, 2.45) is 0 Å². The summed E-state index contributed by atoms with van der Waals surface area (Å²) >= 11 is 0. The van der Waals surface area contributed by atoms with Gasteiger partial charge < -0.3 is 20.1 Å². The number of alkyl halides is 4. The Labute approximate surface area is 252 Å². The number of ether oxygens (including phenoxy) is 1. The highest BCUT2D eigenvalue weighted by atomic mass is 32.2. The zero-order valence-electron chi connectivity index (χ0n) is 24.3. The number of benzene rings is 2. The quantitative estimate of drug-likeness (QED) is 0.426. The number of aliphatic hydroxyl groups is 1. The fourth-order valence-corrected chi connectivity index (χ4v) is 7.07. The lowest BCUT2D eigenvalue weighted by atomic mass is 9.88. The second kappa shape index (κ2) is 12.1. The molecule has 15 heteroatoms. The lowest BCUT2D eigenvalue weighted by Crippen LogP contribution is -2.47. The van der Waals surface area contributed by atoms with Crippen molar-refractivity contribution in [3.8, 4) is 0 Å². The van der Waals surface area contributed by atoms with Crippen LogP contribution in [0.5, 0.6) is 0 Å². The summed E-state index contributed by atoms with van der Waals surface area (Å²) in [4.78, 5) is 26.7. The third-order valence-electron chi connectivity index (χ3n) is 7.58. The van der Waals surface area contributed by atoms with Gasteiger partial charge in [0.05, 0.1) is 22.7 Å². The standard InChI is InChI=1S/C29H34F5N3O6S/c1-27(2,3)43-26(39)35-21-12-13-36(16-21)25(38)15-22-8-4-18-14-19(28(40,17-30)29(32,33)34)5-11-24(18)37(22)44(41,42)23-9-6-20(31)7-10-23/h5-7,9-11,14,21-22,40H,4,8,12-13,15-17H2,1-3H3,(H,35,39)/t21-,22+,28?/m1/s1. The molecule has 4 rings (SSSR count). The highest BCUT2D eigenvalue weighted by molar-refractivity contribution is 7.92. The molecule has 0 saturated carbocycles. The van der Waals surface area contributed by atoms with Crippen LogP contribution in [0, 0.1) is 5.82 Å². The van der Waals surface area contributed by atoms with Crippen LogP contribution < -0.4 is 9.62 Å². The van der Waals surface area contributed by atoms with Crippen LogP contribution in [0.4, 0.5) is 32.4 Å². The molecule has 2 aliphatic heterocycles. The summed E-state index contributed by atoms with van der Waals surface area (Å²) in [7, 11) is -4.47. The minimum Gasteiger partial charge on any atom is -0.444 e. The number of nitrogens with zero attached hydrogens (tertiary/aromatic N) is 2. The molecule has 9 nitrogen and oxygen atoms in total. The molecule has 2 aromatic carbocycles. The molecule has 0 radical (unpaired) electrons. The number of nitrogens with one attached hydrogen (secondary N) is 1. The maximum absolute atomic E-state index is 13.9. The molecule has 2 amide bonds. The Bertz CT molecular complexity index is 1500. The molecule has 2 aliphatic rings. The van der Waals surface area contributed by atoms with Crippen molar-refractivity contribution in [3.63, 3.8) is 0 Å². The number of carbonyl (C=O) groups is 2. The van der Waals surface area contributed by atoms with E-state index in [-0.39, 0.29) is 54.5 Å². The molecule has 1 saturated heterocycles. The van der Waals surface area contributed by atoms with E-state index in [0.29, 0.717) is 6.42 Å². The van der Waals surface area contributed by atoms with E-state index in [1.807, 2.05) is 0 Å². The minimum atomic E-state index is -5.34. The first-order valence-corrected chi connectivity index (χ1v) is 15.4. The molecule has 0 bridgehead atoms. The third kappa shape index (κ3) is 6.93. The maximum Gasteiger partial charge on any atom is 0.424 e. The first kappa shape index (κ1) is 33.4. The summed E-state index contributed by atoms with van der Waals surface area (Å²) in [5.74, 6) is -1.10. The lowest BCUT2D eigenvalue weighted by Gasteiger charge is -2.39. The van der Waals surface area contributed by atoms with Gasteiger partial charge in [-0.3, -0.25) is 9.10 Å². The van der Waals surface area contributed by atoms with E-state index >= 15 is 0 Å². The molecular weight excluding hydrogens is 613 g/mol. The maximum atomic E-state index is 13.9. The smallest absolute Gasteiger partial charge is 0.424 e. The summed E-state index contributed by atoms with van der Waals surface area (Å²) < 4.78 is 102. The second-order valence-electron chi connectivity index (χ2n) is 12.0. The summed E-state index contributed by atoms with van der Waals surface area (Å²) in [5, 5.41) is 12.8. The van der Waals surface area contributed by atoms with E-state index in [1.165, 1.54) is 4.90 Å². The molecule has 2 N–H and O–H groups in total. The SMILES string of the molecule is CC(C)(C)OC(=O)N[C@@H]1CCN(C(=O)C[C@@H]2CCc3cc(C(O)(CF)C(F)(F)F)ccc3N2S(=O)(=O)c2ccc(F)cc2)C1. The van der Waals surface area contributed by atoms with E-state index in [1.54, 1.807) is 20.8 Å². The Morgan fingerprint density at radius 3 is 2.32 bits per heavy atom. The molecule has 242 valence electrons. The minimum absolute atomic E-state index is 0.0100. The zero-order chi connectivity index (χ0) is 32.7. The van der Waals surface area contributed by atoms with Crippen LogP contribution in [0.3, 0.4) is 0 Å². The number of likely N-dealkylation sites (tertiary alicyclic amines) is 1. The second-order valence-corrected chi connectivity index (χ2v) is 13.8. The van der Waals surface area contributed by atoms with E-state index in [4.69, 9.17) is 4.74 Å². The highest BCUT2D eigenvalue weighted by Gasteiger charge is 2.55. The van der Waals surface area contributed by atoms with Crippen LogP contribution >= 0.6 is 0 Å². The number of rotatable bonds is 7. The van der Waals surface area contributed by atoms with Crippen molar-refractivity contribution in [2.75, 3.05) is 24.1 Å².